The summed E-state index contributed by atoms with van der Waals surface area (Å²) in [6, 6.07) is 75.2. The van der Waals surface area contributed by atoms with E-state index in [2.05, 4.69) is 312 Å². The van der Waals surface area contributed by atoms with Gasteiger partial charge in [-0.25, -0.2) is 0 Å². The van der Waals surface area contributed by atoms with Gasteiger partial charge in [-0.3, -0.25) is 0 Å². The van der Waals surface area contributed by atoms with Gasteiger partial charge in [0.2, 0.25) is 0 Å². The van der Waals surface area contributed by atoms with Gasteiger partial charge in [0, 0.05) is 61.2 Å². The topological polar surface area (TPSA) is 9.72 Å². The van der Waals surface area contributed by atoms with Crippen LogP contribution in [0.25, 0.3) is 44.5 Å². The molecule has 0 N–H and O–H groups in total. The van der Waals surface area contributed by atoms with Crippen molar-refractivity contribution in [2.75, 3.05) is 14.7 Å². The number of hydrogen-bond acceptors (Lipinski definition) is 3. The van der Waals surface area contributed by atoms with Crippen molar-refractivity contribution in [1.82, 2.24) is 0 Å². The number of anilines is 8. The lowest BCUT2D eigenvalue weighted by molar-refractivity contribution is 0.516. The predicted octanol–water partition coefficient (Wildman–Crippen LogP) is 23.1. The Balaban J connectivity index is 0.810. The normalized spacial score (nSPS) is 17.3. The zero-order valence-corrected chi connectivity index (χ0v) is 53.8. The molecule has 3 aliphatic heterocycles. The Hall–Kier alpha value is -8.92. The van der Waals surface area contributed by atoms with E-state index in [0.717, 1.165) is 12.8 Å². The quantitative estimate of drug-likeness (QED) is 0.150. The summed E-state index contributed by atoms with van der Waals surface area (Å²) in [7, 11) is 0. The number of aryl methyl sites for hydroxylation is 4. The van der Waals surface area contributed by atoms with E-state index < -0.39 is 0 Å². The van der Waals surface area contributed by atoms with Gasteiger partial charge >= 0.3 is 0 Å². The van der Waals surface area contributed by atoms with E-state index in [1.54, 1.807) is 5.57 Å². The summed E-state index contributed by atoms with van der Waals surface area (Å²) in [5.41, 5.74) is 39.8. The maximum absolute atomic E-state index is 2.78. The Labute approximate surface area is 522 Å². The molecular weight excluding hydrogens is 1060 g/mol. The molecule has 3 aliphatic carbocycles. The second-order valence-corrected chi connectivity index (χ2v) is 29.3. The summed E-state index contributed by atoms with van der Waals surface area (Å²) in [5, 5.41) is 0. The molecule has 0 atom stereocenters. The van der Waals surface area contributed by atoms with Crippen molar-refractivity contribution >= 4 is 45.5 Å². The van der Waals surface area contributed by atoms with Crippen molar-refractivity contribution in [2.24, 2.45) is 0 Å². The Kier molecular flexibility index (Phi) is 11.5. The first kappa shape index (κ1) is 54.5. The Morgan fingerprint density at radius 1 is 0.307 bits per heavy atom. The van der Waals surface area contributed by atoms with Crippen molar-refractivity contribution in [2.45, 2.75) is 137 Å². The van der Waals surface area contributed by atoms with Crippen molar-refractivity contribution in [3.05, 3.63) is 284 Å². The number of fused-ring (bicyclic) bond motifs is 6. The van der Waals surface area contributed by atoms with Crippen molar-refractivity contribution in [1.29, 1.82) is 0 Å². The van der Waals surface area contributed by atoms with Gasteiger partial charge in [-0.2, -0.15) is 0 Å². The monoisotopic (exact) mass is 1140 g/mol. The zero-order chi connectivity index (χ0) is 60.9. The second kappa shape index (κ2) is 18.6. The van der Waals surface area contributed by atoms with Gasteiger partial charge in [-0.1, -0.05) is 160 Å². The summed E-state index contributed by atoms with van der Waals surface area (Å²) in [6.07, 6.45) is 4.71. The second-order valence-electron chi connectivity index (χ2n) is 29.3. The van der Waals surface area contributed by atoms with Gasteiger partial charge in [0.1, 0.15) is 0 Å². The minimum Gasteiger partial charge on any atom is -0.310 e. The van der Waals surface area contributed by atoms with Crippen LogP contribution < -0.4 is 14.7 Å². The van der Waals surface area contributed by atoms with Crippen LogP contribution in [0.2, 0.25) is 0 Å². The first-order valence-electron chi connectivity index (χ1n) is 32.1. The number of nitrogens with zero attached hydrogens (tertiary/aromatic N) is 3. The summed E-state index contributed by atoms with van der Waals surface area (Å²) < 4.78 is 0. The van der Waals surface area contributed by atoms with E-state index in [-0.39, 0.29) is 27.1 Å². The molecule has 3 heterocycles. The zero-order valence-electron chi connectivity index (χ0n) is 53.8. The first-order chi connectivity index (χ1) is 42.0. The SMILES string of the molecule is Cc1cccc(N(c2cccc(C)c2)c2ccc3c(c2)C(C)(C)c2cc(-c4cc5c6c(c4)C(C)(C)c4cc(-c7ccc8c(c7)C(C)(C)c7cc(N(c9cccc(C)c9)c9cccc(C)c9)ccc7-8)cc7c4N6C4=C(CCC=C4C5(C)C)C7(C)C)ccc2-3)c1. The van der Waals surface area contributed by atoms with Gasteiger partial charge < -0.3 is 14.7 Å². The molecule has 0 radical (unpaired) electrons. The van der Waals surface area contributed by atoms with Crippen LogP contribution in [-0.2, 0) is 27.1 Å². The van der Waals surface area contributed by atoms with Crippen LogP contribution in [0.1, 0.15) is 149 Å². The van der Waals surface area contributed by atoms with Crippen molar-refractivity contribution in [3.8, 4) is 44.5 Å². The number of allylic oxidation sites excluding steroid dienone is 3. The standard InChI is InChI=1S/C85H79N3/c1-50-20-15-24-58(38-50)86(59-25-16-21-51(2)39-59)62-32-36-66-64-34-30-54(42-70(64)83(9,10)72(66)48-62)56-44-74-79-76(46-56)85(13,14)77-47-57(45-75-80(77)88(79)78-68(81(74,5)6)28-19-29-69(78)82(75,7)8)55-31-35-65-67-37-33-63(49-73(67)84(11,12)71(65)43-55)87(60-26-17-22-52(3)40-60)61-27-18-23-53(4)41-61/h15-18,20-28,30-49H,19,29H2,1-14H3. The van der Waals surface area contributed by atoms with E-state index >= 15 is 0 Å². The molecule has 0 aromatic heterocycles. The number of rotatable bonds is 8. The lowest BCUT2D eigenvalue weighted by Crippen LogP contribution is -2.47. The maximum Gasteiger partial charge on any atom is 0.0544 e. The van der Waals surface area contributed by atoms with E-state index in [1.807, 2.05) is 0 Å². The van der Waals surface area contributed by atoms with E-state index in [4.69, 9.17) is 0 Å². The van der Waals surface area contributed by atoms with E-state index in [9.17, 15) is 0 Å². The number of benzene rings is 10. The summed E-state index contributed by atoms with van der Waals surface area (Å²) in [6.45, 7) is 33.6. The molecule has 0 amide bonds. The van der Waals surface area contributed by atoms with Crippen LogP contribution in [0.4, 0.5) is 45.5 Å². The molecule has 10 aromatic rings. The number of hydrogen-bond donors (Lipinski definition) is 0. The fraction of sp³-hybridized carbons (Fsp3) is 0.247. The fourth-order valence-electron chi connectivity index (χ4n) is 17.0. The predicted molar refractivity (Wildman–Crippen MR) is 372 cm³/mol. The lowest BCUT2D eigenvalue weighted by Gasteiger charge is -2.57. The van der Waals surface area contributed by atoms with Crippen LogP contribution in [0.15, 0.2) is 217 Å². The van der Waals surface area contributed by atoms with Gasteiger partial charge in [-0.15, -0.1) is 0 Å². The Morgan fingerprint density at radius 2 is 0.625 bits per heavy atom. The molecule has 0 fully saturated rings. The highest BCUT2D eigenvalue weighted by Crippen LogP contribution is 2.67. The highest BCUT2D eigenvalue weighted by molar-refractivity contribution is 5.97. The lowest BCUT2D eigenvalue weighted by atomic mass is 9.58. The minimum absolute atomic E-state index is 0.176. The fourth-order valence-corrected chi connectivity index (χ4v) is 17.0. The van der Waals surface area contributed by atoms with E-state index in [0.29, 0.717) is 0 Å². The third-order valence-corrected chi connectivity index (χ3v) is 21.8. The van der Waals surface area contributed by atoms with Crippen LogP contribution >= 0.6 is 0 Å². The molecule has 3 nitrogen and oxygen atoms in total. The summed E-state index contributed by atoms with van der Waals surface area (Å²) in [5.74, 6) is 0. The molecule has 6 aliphatic rings. The van der Waals surface area contributed by atoms with Crippen LogP contribution in [0, 0.1) is 27.7 Å². The minimum atomic E-state index is -0.330. The highest BCUT2D eigenvalue weighted by atomic mass is 15.2. The summed E-state index contributed by atoms with van der Waals surface area (Å²) >= 11 is 0. The molecule has 16 rings (SSSR count). The molecule has 88 heavy (non-hydrogen) atoms. The van der Waals surface area contributed by atoms with Crippen molar-refractivity contribution in [3.63, 3.8) is 0 Å². The molecule has 0 saturated carbocycles. The Bertz CT molecular complexity index is 4680. The maximum atomic E-state index is 2.78. The van der Waals surface area contributed by atoms with Crippen LogP contribution in [-0.4, -0.2) is 0 Å². The molecule has 0 bridgehead atoms. The smallest absolute Gasteiger partial charge is 0.0544 e. The third kappa shape index (κ3) is 7.68. The molecule has 0 spiro atoms. The van der Waals surface area contributed by atoms with Gasteiger partial charge in [-0.05, 0) is 272 Å². The van der Waals surface area contributed by atoms with Crippen LogP contribution in [0.5, 0.6) is 0 Å². The summed E-state index contributed by atoms with van der Waals surface area (Å²) in [4.78, 5) is 7.64. The molecule has 434 valence electrons. The highest BCUT2D eigenvalue weighted by Gasteiger charge is 2.54. The third-order valence-electron chi connectivity index (χ3n) is 21.8. The molecule has 0 unspecified atom stereocenters. The molecule has 10 aromatic carbocycles. The van der Waals surface area contributed by atoms with Crippen LogP contribution in [0.3, 0.4) is 0 Å². The molecule has 3 heteroatoms. The first-order valence-corrected chi connectivity index (χ1v) is 32.1. The largest absolute Gasteiger partial charge is 0.310 e. The van der Waals surface area contributed by atoms with Crippen molar-refractivity contribution < 1.29 is 0 Å². The molecule has 0 saturated heterocycles. The molecular formula is C85H79N3. The average Bonchev–Trinajstić information content (AvgIpc) is 0.893. The van der Waals surface area contributed by atoms with Gasteiger partial charge in [0.25, 0.3) is 0 Å². The Morgan fingerprint density at radius 3 is 1.01 bits per heavy atom. The average molecular weight is 1140 g/mol. The van der Waals surface area contributed by atoms with Gasteiger partial charge in [0.15, 0.2) is 0 Å². The van der Waals surface area contributed by atoms with E-state index in [1.165, 1.54) is 168 Å². The van der Waals surface area contributed by atoms with Gasteiger partial charge in [0.05, 0.1) is 17.1 Å².